The third-order valence-electron chi connectivity index (χ3n) is 1.42. The van der Waals surface area contributed by atoms with Crippen molar-refractivity contribution in [1.82, 2.24) is 0 Å². The van der Waals surface area contributed by atoms with Crippen molar-refractivity contribution in [3.8, 4) is 0 Å². The Bertz CT molecular complexity index is 341. The third kappa shape index (κ3) is 2.85. The molecule has 0 N–H and O–H groups in total. The largest absolute Gasteiger partial charge is 0.282 e. The Hall–Kier alpha value is 0.750. The van der Waals surface area contributed by atoms with E-state index in [9.17, 15) is 9.59 Å². The van der Waals surface area contributed by atoms with Gasteiger partial charge in [-0.2, -0.15) is 0 Å². The van der Waals surface area contributed by atoms with Gasteiger partial charge in [-0.3, -0.25) is 9.59 Å². The molecule has 0 spiro atoms. The SMILES string of the molecule is O=C(I)c1cccc(C(=O)I)c1I. The monoisotopic (exact) mass is 512 g/mol. The zero-order valence-electron chi connectivity index (χ0n) is 6.18. The maximum absolute atomic E-state index is 11.1. The summed E-state index contributed by atoms with van der Waals surface area (Å²) in [6, 6.07) is 5.17. The third-order valence-corrected chi connectivity index (χ3v) is 3.75. The lowest BCUT2D eigenvalue weighted by Crippen LogP contribution is -1.99. The molecule has 0 saturated heterocycles. The minimum absolute atomic E-state index is 0.0403. The molecular weight excluding hydrogens is 509 g/mol. The zero-order valence-corrected chi connectivity index (χ0v) is 12.7. The first-order chi connectivity index (χ1) is 6.04. The van der Waals surface area contributed by atoms with Crippen LogP contribution in [0.15, 0.2) is 18.2 Å². The molecule has 0 aliphatic heterocycles. The van der Waals surface area contributed by atoms with Gasteiger partial charge < -0.3 is 0 Å². The van der Waals surface area contributed by atoms with Crippen molar-refractivity contribution in [2.45, 2.75) is 0 Å². The van der Waals surface area contributed by atoms with Gasteiger partial charge in [-0.1, -0.05) is 6.07 Å². The van der Waals surface area contributed by atoms with E-state index in [1.54, 1.807) is 63.4 Å². The van der Waals surface area contributed by atoms with Crippen LogP contribution in [0.5, 0.6) is 0 Å². The van der Waals surface area contributed by atoms with Crippen molar-refractivity contribution in [3.05, 3.63) is 32.9 Å². The summed E-state index contributed by atoms with van der Waals surface area (Å²) in [6.45, 7) is 0. The van der Waals surface area contributed by atoms with Crippen molar-refractivity contribution >= 4 is 75.4 Å². The smallest absolute Gasteiger partial charge is 0.223 e. The van der Waals surface area contributed by atoms with Gasteiger partial charge in [-0.15, -0.1) is 0 Å². The Labute approximate surface area is 116 Å². The van der Waals surface area contributed by atoms with Crippen LogP contribution in [0.3, 0.4) is 0 Å². The van der Waals surface area contributed by atoms with E-state index >= 15 is 0 Å². The summed E-state index contributed by atoms with van der Waals surface area (Å²) < 4.78 is 0.655. The van der Waals surface area contributed by atoms with Crippen molar-refractivity contribution in [1.29, 1.82) is 0 Å². The Kier molecular flexibility index (Phi) is 4.55. The summed E-state index contributed by atoms with van der Waals surface area (Å²) in [6.07, 6.45) is 0. The van der Waals surface area contributed by atoms with Crippen molar-refractivity contribution in [2.24, 2.45) is 0 Å². The molecule has 0 radical (unpaired) electrons. The van der Waals surface area contributed by atoms with Gasteiger partial charge in [0.05, 0.1) is 0 Å². The van der Waals surface area contributed by atoms with Gasteiger partial charge in [0.15, 0.2) is 0 Å². The second kappa shape index (κ2) is 5.01. The van der Waals surface area contributed by atoms with Crippen LogP contribution in [0.25, 0.3) is 0 Å². The average Bonchev–Trinajstić information content (AvgIpc) is 2.03. The van der Waals surface area contributed by atoms with Crippen molar-refractivity contribution in [3.63, 3.8) is 0 Å². The van der Waals surface area contributed by atoms with Crippen LogP contribution < -0.4 is 0 Å². The topological polar surface area (TPSA) is 34.1 Å². The molecule has 0 aliphatic carbocycles. The number of halogens is 3. The molecule has 1 aromatic rings. The van der Waals surface area contributed by atoms with Crippen LogP contribution >= 0.6 is 67.8 Å². The number of carbonyl (C=O) groups is 2. The summed E-state index contributed by atoms with van der Waals surface area (Å²) in [5.74, 6) is 0. The highest BCUT2D eigenvalue weighted by atomic mass is 127. The Balaban J connectivity index is 3.35. The predicted molar refractivity (Wildman–Crippen MR) is 75.9 cm³/mol. The molecule has 1 rings (SSSR count). The molecule has 0 aromatic heterocycles. The molecule has 0 fully saturated rings. The van der Waals surface area contributed by atoms with E-state index in [4.69, 9.17) is 0 Å². The highest BCUT2D eigenvalue weighted by molar-refractivity contribution is 14.1. The quantitative estimate of drug-likeness (QED) is 0.450. The summed E-state index contributed by atoms with van der Waals surface area (Å²) in [4.78, 5) is 22.2. The molecule has 0 atom stereocenters. The van der Waals surface area contributed by atoms with Crippen LogP contribution in [0.4, 0.5) is 0 Å². The zero-order chi connectivity index (χ0) is 10.0. The minimum atomic E-state index is -0.0403. The highest BCUT2D eigenvalue weighted by Crippen LogP contribution is 2.21. The Morgan fingerprint density at radius 2 is 1.38 bits per heavy atom. The molecule has 0 heterocycles. The first kappa shape index (κ1) is 11.8. The average molecular weight is 512 g/mol. The second-order valence-corrected chi connectivity index (χ2v) is 5.25. The number of hydrogen-bond donors (Lipinski definition) is 0. The molecule has 0 saturated carbocycles. The lowest BCUT2D eigenvalue weighted by molar-refractivity contribution is 0.110. The molecule has 0 bridgehead atoms. The number of hydrogen-bond acceptors (Lipinski definition) is 2. The molecular formula is C8H3I3O2. The van der Waals surface area contributed by atoms with Gasteiger partial charge in [0.1, 0.15) is 0 Å². The molecule has 0 amide bonds. The maximum Gasteiger partial charge on any atom is 0.223 e. The van der Waals surface area contributed by atoms with Gasteiger partial charge in [0.2, 0.25) is 7.58 Å². The van der Waals surface area contributed by atoms with E-state index in [0.29, 0.717) is 11.1 Å². The molecule has 0 unspecified atom stereocenters. The van der Waals surface area contributed by atoms with Crippen LogP contribution in [-0.2, 0) is 0 Å². The normalized spacial score (nSPS) is 9.77. The fourth-order valence-electron chi connectivity index (χ4n) is 0.836. The van der Waals surface area contributed by atoms with E-state index in [-0.39, 0.29) is 7.58 Å². The standard InChI is InChI=1S/C8H3I3O2/c9-6-4(7(10)12)2-1-3-5(6)8(11)13/h1-3H. The van der Waals surface area contributed by atoms with Gasteiger partial charge in [0, 0.05) is 59.9 Å². The molecule has 68 valence electrons. The van der Waals surface area contributed by atoms with E-state index in [2.05, 4.69) is 0 Å². The molecule has 5 heteroatoms. The number of rotatable bonds is 2. The van der Waals surface area contributed by atoms with E-state index < -0.39 is 0 Å². The van der Waals surface area contributed by atoms with Gasteiger partial charge in [0.25, 0.3) is 0 Å². The van der Waals surface area contributed by atoms with Crippen LogP contribution in [0.2, 0.25) is 0 Å². The molecule has 0 aliphatic rings. The van der Waals surface area contributed by atoms with E-state index in [0.717, 1.165) is 3.57 Å². The first-order valence-electron chi connectivity index (χ1n) is 3.22. The van der Waals surface area contributed by atoms with Crippen molar-refractivity contribution < 1.29 is 9.59 Å². The van der Waals surface area contributed by atoms with Gasteiger partial charge in [-0.05, 0) is 34.7 Å². The molecule has 1 aromatic carbocycles. The number of carbonyl (C=O) groups excluding carboxylic acids is 2. The van der Waals surface area contributed by atoms with Crippen LogP contribution in [-0.4, -0.2) is 7.58 Å². The lowest BCUT2D eigenvalue weighted by atomic mass is 10.1. The van der Waals surface area contributed by atoms with E-state index in [1.165, 1.54) is 0 Å². The summed E-state index contributed by atoms with van der Waals surface area (Å²) in [7, 11) is 0. The lowest BCUT2D eigenvalue weighted by Gasteiger charge is -2.02. The molecule has 13 heavy (non-hydrogen) atoms. The van der Waals surface area contributed by atoms with Gasteiger partial charge in [-0.25, -0.2) is 0 Å². The minimum Gasteiger partial charge on any atom is -0.282 e. The predicted octanol–water partition coefficient (Wildman–Crippen LogP) is 3.44. The maximum atomic E-state index is 11.1. The summed E-state index contributed by atoms with van der Waals surface area (Å²) in [5.41, 5.74) is 1.20. The number of benzene rings is 1. The first-order valence-corrected chi connectivity index (χ1v) is 6.46. The Morgan fingerprint density at radius 3 is 1.69 bits per heavy atom. The van der Waals surface area contributed by atoms with Gasteiger partial charge >= 0.3 is 0 Å². The second-order valence-electron chi connectivity index (χ2n) is 2.21. The summed E-state index contributed by atoms with van der Waals surface area (Å²) in [5, 5.41) is 0. The van der Waals surface area contributed by atoms with Crippen LogP contribution in [0.1, 0.15) is 20.7 Å². The van der Waals surface area contributed by atoms with Crippen LogP contribution in [0, 0.1) is 3.57 Å². The van der Waals surface area contributed by atoms with E-state index in [1.807, 2.05) is 22.6 Å². The summed E-state index contributed by atoms with van der Waals surface area (Å²) >= 11 is 5.45. The molecule has 2 nitrogen and oxygen atoms in total. The highest BCUT2D eigenvalue weighted by Gasteiger charge is 2.13. The Morgan fingerprint density at radius 1 is 1.00 bits per heavy atom. The van der Waals surface area contributed by atoms with Crippen molar-refractivity contribution in [2.75, 3.05) is 0 Å². The fourth-order valence-corrected chi connectivity index (χ4v) is 3.62. The fraction of sp³-hybridized carbons (Fsp3) is 0.